The second kappa shape index (κ2) is 10.3. The van der Waals surface area contributed by atoms with Crippen LogP contribution in [0.3, 0.4) is 0 Å². The molecule has 6 atom stereocenters. The Morgan fingerprint density at radius 3 is 2.56 bits per heavy atom. The average Bonchev–Trinajstić information content (AvgIpc) is 3.11. The molecule has 200 valence electrons. The van der Waals surface area contributed by atoms with Crippen molar-refractivity contribution >= 4 is 23.4 Å². The third-order valence-electron chi connectivity index (χ3n) is 10.2. The van der Waals surface area contributed by atoms with Crippen molar-refractivity contribution in [1.82, 2.24) is 5.32 Å². The molecule has 0 saturated heterocycles. The number of rotatable bonds is 9. The van der Waals surface area contributed by atoms with E-state index in [4.69, 9.17) is 9.94 Å². The topological polar surface area (TPSA) is 125 Å². The molecule has 8 nitrogen and oxygen atoms in total. The Hall–Kier alpha value is -2.22. The molecule has 0 aliphatic heterocycles. The van der Waals surface area contributed by atoms with Crippen LogP contribution in [-0.4, -0.2) is 52.3 Å². The fourth-order valence-corrected chi connectivity index (χ4v) is 8.09. The predicted octanol–water partition coefficient (Wildman–Crippen LogP) is 4.01. The molecule has 0 radical (unpaired) electrons. The van der Waals surface area contributed by atoms with Crippen molar-refractivity contribution < 1.29 is 29.4 Å². The van der Waals surface area contributed by atoms with Gasteiger partial charge in [-0.1, -0.05) is 24.6 Å². The van der Waals surface area contributed by atoms with Gasteiger partial charge >= 0.3 is 5.97 Å². The number of carbonyl (C=O) groups is 3. The highest BCUT2D eigenvalue weighted by atomic mass is 16.6. The summed E-state index contributed by atoms with van der Waals surface area (Å²) in [4.78, 5) is 40.2. The SMILES string of the molecule is CC(=O)C1(O)CCC2C3CCC4=CC(=NOCC(=O)NCCCCC(=O)O)CCC4(C)C3CCC21C. The molecular weight excluding hydrogens is 460 g/mol. The first kappa shape index (κ1) is 26.8. The molecule has 0 bridgehead atoms. The number of amides is 1. The van der Waals surface area contributed by atoms with Gasteiger partial charge in [0.25, 0.3) is 5.91 Å². The molecule has 6 unspecified atom stereocenters. The van der Waals surface area contributed by atoms with Gasteiger partial charge in [-0.3, -0.25) is 14.4 Å². The number of aliphatic carboxylic acids is 1. The third kappa shape index (κ3) is 4.73. The zero-order valence-corrected chi connectivity index (χ0v) is 22.0. The van der Waals surface area contributed by atoms with E-state index in [0.29, 0.717) is 43.6 Å². The van der Waals surface area contributed by atoms with E-state index in [9.17, 15) is 19.5 Å². The highest BCUT2D eigenvalue weighted by Crippen LogP contribution is 2.67. The lowest BCUT2D eigenvalue weighted by atomic mass is 9.46. The first-order chi connectivity index (χ1) is 17.0. The van der Waals surface area contributed by atoms with Gasteiger partial charge in [-0.2, -0.15) is 0 Å². The molecule has 0 aromatic carbocycles. The van der Waals surface area contributed by atoms with Gasteiger partial charge in [-0.25, -0.2) is 0 Å². The molecule has 3 saturated carbocycles. The fraction of sp³-hybridized carbons (Fsp3) is 0.786. The first-order valence-corrected chi connectivity index (χ1v) is 13.6. The molecule has 3 fully saturated rings. The molecule has 4 aliphatic carbocycles. The number of aliphatic hydroxyl groups is 1. The van der Waals surface area contributed by atoms with E-state index in [-0.39, 0.29) is 35.5 Å². The number of Topliss-reactive ketones (excluding diaryl/α,β-unsaturated/α-hetero) is 1. The van der Waals surface area contributed by atoms with E-state index in [1.54, 1.807) is 6.92 Å². The summed E-state index contributed by atoms with van der Waals surface area (Å²) in [6.07, 6.45) is 10.8. The molecule has 36 heavy (non-hydrogen) atoms. The maximum Gasteiger partial charge on any atom is 0.303 e. The molecule has 3 N–H and O–H groups in total. The Labute approximate surface area is 213 Å². The predicted molar refractivity (Wildman–Crippen MR) is 135 cm³/mol. The summed E-state index contributed by atoms with van der Waals surface area (Å²) in [5.74, 6) is 0.333. The summed E-state index contributed by atoms with van der Waals surface area (Å²) in [6, 6.07) is 0. The number of fused-ring (bicyclic) bond motifs is 5. The number of ketones is 1. The van der Waals surface area contributed by atoms with Crippen molar-refractivity contribution in [2.24, 2.45) is 33.7 Å². The maximum absolute atomic E-state index is 12.4. The molecular formula is C28H42N2O6. The van der Waals surface area contributed by atoms with Gasteiger partial charge in [0.15, 0.2) is 12.4 Å². The van der Waals surface area contributed by atoms with E-state index in [0.717, 1.165) is 50.7 Å². The number of carbonyl (C=O) groups excluding carboxylic acids is 2. The van der Waals surface area contributed by atoms with Crippen molar-refractivity contribution in [2.75, 3.05) is 13.2 Å². The van der Waals surface area contributed by atoms with Crippen LogP contribution in [0.2, 0.25) is 0 Å². The van der Waals surface area contributed by atoms with E-state index in [2.05, 4.69) is 30.4 Å². The number of oxime groups is 1. The van der Waals surface area contributed by atoms with Gasteiger partial charge < -0.3 is 20.4 Å². The molecule has 0 aromatic rings. The van der Waals surface area contributed by atoms with Crippen LogP contribution in [0, 0.1) is 28.6 Å². The van der Waals surface area contributed by atoms with Crippen LogP contribution in [0.1, 0.15) is 91.4 Å². The van der Waals surface area contributed by atoms with Crippen molar-refractivity contribution in [3.63, 3.8) is 0 Å². The largest absolute Gasteiger partial charge is 0.481 e. The van der Waals surface area contributed by atoms with Crippen molar-refractivity contribution in [1.29, 1.82) is 0 Å². The molecule has 8 heteroatoms. The lowest BCUT2D eigenvalue weighted by Gasteiger charge is -2.59. The number of carboxylic acids is 1. The normalized spacial score (nSPS) is 38.4. The van der Waals surface area contributed by atoms with Crippen LogP contribution in [0.25, 0.3) is 0 Å². The van der Waals surface area contributed by atoms with Crippen molar-refractivity contribution in [2.45, 2.75) is 97.0 Å². The van der Waals surface area contributed by atoms with Crippen LogP contribution in [0.4, 0.5) is 0 Å². The molecule has 1 amide bonds. The highest BCUT2D eigenvalue weighted by Gasteiger charge is 2.65. The second-order valence-corrected chi connectivity index (χ2v) is 12.0. The molecule has 4 rings (SSSR count). The number of carboxylic acid groups (broad SMARTS) is 1. The second-order valence-electron chi connectivity index (χ2n) is 12.0. The highest BCUT2D eigenvalue weighted by molar-refractivity contribution is 5.96. The lowest BCUT2D eigenvalue weighted by Crippen LogP contribution is -2.57. The Morgan fingerprint density at radius 1 is 1.08 bits per heavy atom. The summed E-state index contributed by atoms with van der Waals surface area (Å²) in [7, 11) is 0. The minimum Gasteiger partial charge on any atom is -0.481 e. The van der Waals surface area contributed by atoms with Gasteiger partial charge in [-0.05, 0) is 100 Å². The summed E-state index contributed by atoms with van der Waals surface area (Å²) in [6.45, 7) is 6.39. The van der Waals surface area contributed by atoms with Crippen LogP contribution < -0.4 is 5.32 Å². The first-order valence-electron chi connectivity index (χ1n) is 13.6. The number of hydrogen-bond donors (Lipinski definition) is 3. The zero-order valence-electron chi connectivity index (χ0n) is 22.0. The number of nitrogens with one attached hydrogen (secondary N) is 1. The maximum atomic E-state index is 12.4. The van der Waals surface area contributed by atoms with Gasteiger partial charge in [0, 0.05) is 18.4 Å². The van der Waals surface area contributed by atoms with Gasteiger partial charge in [-0.15, -0.1) is 0 Å². The van der Waals surface area contributed by atoms with Crippen LogP contribution >= 0.6 is 0 Å². The Kier molecular flexibility index (Phi) is 7.65. The van der Waals surface area contributed by atoms with Crippen LogP contribution in [0.5, 0.6) is 0 Å². The van der Waals surface area contributed by atoms with Gasteiger partial charge in [0.1, 0.15) is 5.60 Å². The zero-order chi connectivity index (χ0) is 26.1. The fourth-order valence-electron chi connectivity index (χ4n) is 8.09. The van der Waals surface area contributed by atoms with Crippen LogP contribution in [0.15, 0.2) is 16.8 Å². The molecule has 0 heterocycles. The third-order valence-corrected chi connectivity index (χ3v) is 10.2. The average molecular weight is 503 g/mol. The number of nitrogens with zero attached hydrogens (tertiary/aromatic N) is 1. The van der Waals surface area contributed by atoms with E-state index in [1.807, 2.05) is 0 Å². The summed E-state index contributed by atoms with van der Waals surface area (Å²) in [5.41, 5.74) is 0.914. The standard InChI is InChI=1S/C28H42N2O6/c1-18(31)28(35)14-11-23-21-8-7-19-16-20(9-12-26(19,2)22(21)10-13-27(23,28)3)30-36-17-24(32)29-15-5-4-6-25(33)34/h16,21-23,35H,4-15,17H2,1-3H3,(H,29,32)(H,33,34). The number of unbranched alkanes of at least 4 members (excludes halogenated alkanes) is 1. The summed E-state index contributed by atoms with van der Waals surface area (Å²) < 4.78 is 0. The van der Waals surface area contributed by atoms with Gasteiger partial charge in [0.05, 0.1) is 5.71 Å². The Balaban J connectivity index is 1.34. The Morgan fingerprint density at radius 2 is 1.83 bits per heavy atom. The van der Waals surface area contributed by atoms with Crippen molar-refractivity contribution in [3.05, 3.63) is 11.6 Å². The summed E-state index contributed by atoms with van der Waals surface area (Å²) >= 11 is 0. The minimum atomic E-state index is -1.17. The van der Waals surface area contributed by atoms with Gasteiger partial charge in [0.2, 0.25) is 0 Å². The number of allylic oxidation sites excluding steroid dienone is 2. The molecule has 0 aromatic heterocycles. The number of hydrogen-bond acceptors (Lipinski definition) is 6. The quantitative estimate of drug-likeness (QED) is 0.323. The minimum absolute atomic E-state index is 0.0704. The van der Waals surface area contributed by atoms with E-state index in [1.165, 1.54) is 5.57 Å². The summed E-state index contributed by atoms with van der Waals surface area (Å²) in [5, 5.41) is 26.9. The molecule has 0 spiro atoms. The van der Waals surface area contributed by atoms with E-state index >= 15 is 0 Å². The Bertz CT molecular complexity index is 960. The molecule has 4 aliphatic rings. The van der Waals surface area contributed by atoms with E-state index < -0.39 is 11.6 Å². The van der Waals surface area contributed by atoms with Crippen molar-refractivity contribution in [3.8, 4) is 0 Å². The smallest absolute Gasteiger partial charge is 0.303 e. The lowest BCUT2D eigenvalue weighted by molar-refractivity contribution is -0.159. The van der Waals surface area contributed by atoms with Crippen LogP contribution in [-0.2, 0) is 19.2 Å². The monoisotopic (exact) mass is 502 g/mol.